The molecule has 100 valence electrons. The summed E-state index contributed by atoms with van der Waals surface area (Å²) in [6, 6.07) is 9.15. The number of benzene rings is 1. The molecule has 2 rings (SSSR count). The topological polar surface area (TPSA) is 52.7 Å². The summed E-state index contributed by atoms with van der Waals surface area (Å²) in [4.78, 5) is 0. The van der Waals surface area contributed by atoms with Gasteiger partial charge >= 0.3 is 10.2 Å². The van der Waals surface area contributed by atoms with E-state index < -0.39 is 10.2 Å². The first-order valence-corrected chi connectivity index (χ1v) is 7.52. The summed E-state index contributed by atoms with van der Waals surface area (Å²) < 4.78 is 27.8. The van der Waals surface area contributed by atoms with Crippen LogP contribution in [0, 0.1) is 0 Å². The third-order valence-corrected chi connectivity index (χ3v) is 5.01. The summed E-state index contributed by atoms with van der Waals surface area (Å²) >= 11 is 0. The molecule has 0 saturated carbocycles. The van der Waals surface area contributed by atoms with Gasteiger partial charge in [-0.1, -0.05) is 18.2 Å². The maximum atomic E-state index is 12.5. The minimum Gasteiger partial charge on any atom is -0.315 e. The summed E-state index contributed by atoms with van der Waals surface area (Å²) in [7, 11) is -1.81. The Balaban J connectivity index is 2.19. The Bertz CT molecular complexity index is 467. The molecule has 1 aliphatic heterocycles. The third-order valence-electron chi connectivity index (χ3n) is 3.09. The van der Waals surface area contributed by atoms with Gasteiger partial charge in [-0.2, -0.15) is 12.7 Å². The van der Waals surface area contributed by atoms with Crippen LogP contribution in [0.3, 0.4) is 0 Å². The molecule has 0 atom stereocenters. The van der Waals surface area contributed by atoms with Crippen LogP contribution in [0.25, 0.3) is 0 Å². The third kappa shape index (κ3) is 2.82. The number of hydrogen-bond acceptors (Lipinski definition) is 3. The second-order valence-corrected chi connectivity index (χ2v) is 6.27. The Hall–Kier alpha value is -1.11. The lowest BCUT2D eigenvalue weighted by molar-refractivity contribution is 0.431. The Morgan fingerprint density at radius 3 is 2.61 bits per heavy atom. The van der Waals surface area contributed by atoms with Gasteiger partial charge in [-0.3, -0.25) is 4.31 Å². The molecule has 5 nitrogen and oxygen atoms in total. The lowest BCUT2D eigenvalue weighted by Gasteiger charge is -2.27. The van der Waals surface area contributed by atoms with E-state index in [1.807, 2.05) is 18.2 Å². The molecular formula is C12H19N3O2S. The molecule has 1 heterocycles. The number of rotatable bonds is 3. The standard InChI is InChI=1S/C12H19N3O2S/c1-14(12-6-3-2-4-7-12)18(16,17)15-10-5-8-13-9-11-15/h2-4,6-7,13H,5,8-11H2,1H3. The van der Waals surface area contributed by atoms with Crippen LogP contribution in [0.15, 0.2) is 30.3 Å². The Morgan fingerprint density at radius 2 is 1.89 bits per heavy atom. The zero-order chi connectivity index (χ0) is 13.0. The fourth-order valence-corrected chi connectivity index (χ4v) is 3.41. The molecule has 0 unspecified atom stereocenters. The molecule has 0 bridgehead atoms. The van der Waals surface area contributed by atoms with Crippen molar-refractivity contribution in [2.45, 2.75) is 6.42 Å². The van der Waals surface area contributed by atoms with Crippen molar-refractivity contribution in [2.24, 2.45) is 0 Å². The monoisotopic (exact) mass is 269 g/mol. The van der Waals surface area contributed by atoms with Crippen molar-refractivity contribution in [3.05, 3.63) is 30.3 Å². The van der Waals surface area contributed by atoms with E-state index in [-0.39, 0.29) is 0 Å². The number of nitrogens with zero attached hydrogens (tertiary/aromatic N) is 2. The normalized spacial score (nSPS) is 18.3. The zero-order valence-electron chi connectivity index (χ0n) is 10.5. The predicted molar refractivity (Wildman–Crippen MR) is 72.8 cm³/mol. The summed E-state index contributed by atoms with van der Waals surface area (Å²) in [5.41, 5.74) is 0.690. The molecule has 0 radical (unpaired) electrons. The predicted octanol–water partition coefficient (Wildman–Crippen LogP) is 0.663. The van der Waals surface area contributed by atoms with Crippen molar-refractivity contribution in [1.29, 1.82) is 0 Å². The van der Waals surface area contributed by atoms with Crippen LogP contribution in [0.4, 0.5) is 5.69 Å². The molecule has 1 saturated heterocycles. The maximum absolute atomic E-state index is 12.5. The van der Waals surface area contributed by atoms with Gasteiger partial charge in [0, 0.05) is 26.7 Å². The largest absolute Gasteiger partial charge is 0.315 e. The van der Waals surface area contributed by atoms with Crippen molar-refractivity contribution in [2.75, 3.05) is 37.5 Å². The number of nitrogens with one attached hydrogen (secondary N) is 1. The Kier molecular flexibility index (Phi) is 4.21. The molecule has 1 aliphatic rings. The van der Waals surface area contributed by atoms with Gasteiger partial charge in [0.2, 0.25) is 0 Å². The fraction of sp³-hybridized carbons (Fsp3) is 0.500. The number of anilines is 1. The average molecular weight is 269 g/mol. The average Bonchev–Trinajstić information content (AvgIpc) is 2.68. The SMILES string of the molecule is CN(c1ccccc1)S(=O)(=O)N1CCCNCC1. The van der Waals surface area contributed by atoms with Crippen molar-refractivity contribution < 1.29 is 8.42 Å². The zero-order valence-corrected chi connectivity index (χ0v) is 11.4. The highest BCUT2D eigenvalue weighted by molar-refractivity contribution is 7.90. The molecular weight excluding hydrogens is 250 g/mol. The van der Waals surface area contributed by atoms with Crippen LogP contribution in [-0.2, 0) is 10.2 Å². The van der Waals surface area contributed by atoms with Gasteiger partial charge in [0.1, 0.15) is 0 Å². The second kappa shape index (κ2) is 5.69. The van der Waals surface area contributed by atoms with Crippen LogP contribution in [-0.4, -0.2) is 45.9 Å². The van der Waals surface area contributed by atoms with E-state index in [4.69, 9.17) is 0 Å². The lowest BCUT2D eigenvalue weighted by Crippen LogP contribution is -2.43. The van der Waals surface area contributed by atoms with Gasteiger partial charge < -0.3 is 5.32 Å². The van der Waals surface area contributed by atoms with Crippen molar-refractivity contribution in [3.63, 3.8) is 0 Å². The lowest BCUT2D eigenvalue weighted by atomic mass is 10.3. The first-order chi connectivity index (χ1) is 8.62. The quantitative estimate of drug-likeness (QED) is 0.877. The maximum Gasteiger partial charge on any atom is 0.303 e. The van der Waals surface area contributed by atoms with Gasteiger partial charge in [-0.25, -0.2) is 0 Å². The molecule has 1 aromatic carbocycles. The van der Waals surface area contributed by atoms with Crippen LogP contribution in [0.1, 0.15) is 6.42 Å². The van der Waals surface area contributed by atoms with Gasteiger partial charge in [0.05, 0.1) is 5.69 Å². The highest BCUT2D eigenvalue weighted by Gasteiger charge is 2.27. The van der Waals surface area contributed by atoms with E-state index in [1.54, 1.807) is 23.5 Å². The van der Waals surface area contributed by atoms with Crippen LogP contribution >= 0.6 is 0 Å². The van der Waals surface area contributed by atoms with Crippen molar-refractivity contribution >= 4 is 15.9 Å². The summed E-state index contributed by atoms with van der Waals surface area (Å²) in [6.07, 6.45) is 0.849. The van der Waals surface area contributed by atoms with E-state index in [1.165, 1.54) is 4.31 Å². The molecule has 0 aromatic heterocycles. The van der Waals surface area contributed by atoms with Crippen molar-refractivity contribution in [1.82, 2.24) is 9.62 Å². The second-order valence-electron chi connectivity index (χ2n) is 4.31. The molecule has 0 amide bonds. The van der Waals surface area contributed by atoms with Crippen LogP contribution < -0.4 is 9.62 Å². The number of para-hydroxylation sites is 1. The Morgan fingerprint density at radius 1 is 1.17 bits per heavy atom. The molecule has 0 spiro atoms. The van der Waals surface area contributed by atoms with E-state index in [2.05, 4.69) is 5.32 Å². The van der Waals surface area contributed by atoms with E-state index >= 15 is 0 Å². The van der Waals surface area contributed by atoms with Gasteiger partial charge in [0.25, 0.3) is 0 Å². The van der Waals surface area contributed by atoms with E-state index in [0.717, 1.165) is 13.0 Å². The van der Waals surface area contributed by atoms with Crippen molar-refractivity contribution in [3.8, 4) is 0 Å². The van der Waals surface area contributed by atoms with Crippen LogP contribution in [0.2, 0.25) is 0 Å². The molecule has 1 aromatic rings. The summed E-state index contributed by atoms with van der Waals surface area (Å²) in [6.45, 7) is 2.69. The molecule has 0 aliphatic carbocycles. The molecule has 6 heteroatoms. The molecule has 1 fully saturated rings. The van der Waals surface area contributed by atoms with E-state index in [9.17, 15) is 8.42 Å². The Labute approximate surface area is 109 Å². The van der Waals surface area contributed by atoms with Crippen LogP contribution in [0.5, 0.6) is 0 Å². The highest BCUT2D eigenvalue weighted by Crippen LogP contribution is 2.18. The smallest absolute Gasteiger partial charge is 0.303 e. The highest BCUT2D eigenvalue weighted by atomic mass is 32.2. The summed E-state index contributed by atoms with van der Waals surface area (Å²) in [5, 5.41) is 3.20. The number of hydrogen-bond donors (Lipinski definition) is 1. The minimum absolute atomic E-state index is 0.527. The van der Waals surface area contributed by atoms with Gasteiger partial charge in [-0.05, 0) is 25.1 Å². The molecule has 1 N–H and O–H groups in total. The van der Waals surface area contributed by atoms with Gasteiger partial charge in [0.15, 0.2) is 0 Å². The fourth-order valence-electron chi connectivity index (χ4n) is 2.00. The summed E-state index contributed by atoms with van der Waals surface area (Å²) in [5.74, 6) is 0. The minimum atomic E-state index is -3.41. The molecule has 18 heavy (non-hydrogen) atoms. The van der Waals surface area contributed by atoms with Gasteiger partial charge in [-0.15, -0.1) is 0 Å². The first kappa shape index (κ1) is 13.3. The first-order valence-electron chi connectivity index (χ1n) is 6.12. The van der Waals surface area contributed by atoms with E-state index in [0.29, 0.717) is 25.3 Å².